The minimum absolute atomic E-state index is 0.0106. The lowest BCUT2D eigenvalue weighted by Gasteiger charge is -2.04. The van der Waals surface area contributed by atoms with Crippen LogP contribution in [0.2, 0.25) is 0 Å². The fourth-order valence-corrected chi connectivity index (χ4v) is 1.95. The van der Waals surface area contributed by atoms with Crippen molar-refractivity contribution in [1.29, 1.82) is 0 Å². The maximum atomic E-state index is 11.9. The summed E-state index contributed by atoms with van der Waals surface area (Å²) in [6, 6.07) is 15.7. The molecule has 0 unspecified atom stereocenters. The van der Waals surface area contributed by atoms with Crippen molar-refractivity contribution >= 4 is 11.5 Å². The normalized spacial score (nSPS) is 10.3. The number of rotatable bonds is 7. The van der Waals surface area contributed by atoms with Crippen LogP contribution in [-0.4, -0.2) is 23.8 Å². The Morgan fingerprint density at radius 3 is 2.33 bits per heavy atom. The van der Waals surface area contributed by atoms with Crippen molar-refractivity contribution in [3.05, 3.63) is 75.8 Å². The molecule has 0 aromatic heterocycles. The molecule has 0 heterocycles. The maximum Gasteiger partial charge on any atom is 0.269 e. The monoisotopic (exact) mass is 284 g/mol. The highest BCUT2D eigenvalue weighted by Gasteiger charge is 2.08. The summed E-state index contributed by atoms with van der Waals surface area (Å²) in [7, 11) is 0. The van der Waals surface area contributed by atoms with Gasteiger partial charge in [-0.3, -0.25) is 14.9 Å². The molecule has 2 aromatic rings. The van der Waals surface area contributed by atoms with Crippen LogP contribution in [0.4, 0.5) is 5.69 Å². The van der Waals surface area contributed by atoms with E-state index in [-0.39, 0.29) is 18.0 Å². The maximum absolute atomic E-state index is 11.9. The van der Waals surface area contributed by atoms with Crippen LogP contribution in [0, 0.1) is 10.1 Å². The molecule has 0 spiro atoms. The Balaban J connectivity index is 1.78. The Kier molecular flexibility index (Phi) is 5.17. The number of hydrogen-bond acceptors (Lipinski definition) is 4. The second-order valence-corrected chi connectivity index (χ2v) is 4.64. The summed E-state index contributed by atoms with van der Waals surface area (Å²) >= 11 is 0. The number of ketones is 1. The number of non-ortho nitro benzene ring substituents is 1. The number of nitro groups is 1. The van der Waals surface area contributed by atoms with E-state index < -0.39 is 4.92 Å². The SMILES string of the molecule is O=C(CNCCc1ccccc1)c1ccc([N+](=O)[O-])cc1. The quantitative estimate of drug-likeness (QED) is 0.367. The van der Waals surface area contributed by atoms with Crippen molar-refractivity contribution < 1.29 is 9.72 Å². The van der Waals surface area contributed by atoms with Gasteiger partial charge in [-0.15, -0.1) is 0 Å². The second-order valence-electron chi connectivity index (χ2n) is 4.64. The van der Waals surface area contributed by atoms with E-state index in [1.54, 1.807) is 0 Å². The Labute approximate surface area is 122 Å². The lowest BCUT2D eigenvalue weighted by Crippen LogP contribution is -2.25. The lowest BCUT2D eigenvalue weighted by atomic mass is 10.1. The van der Waals surface area contributed by atoms with Crippen molar-refractivity contribution in [3.8, 4) is 0 Å². The number of nitrogens with zero attached hydrogens (tertiary/aromatic N) is 1. The molecule has 21 heavy (non-hydrogen) atoms. The summed E-state index contributed by atoms with van der Waals surface area (Å²) < 4.78 is 0. The van der Waals surface area contributed by atoms with Gasteiger partial charge in [0, 0.05) is 17.7 Å². The van der Waals surface area contributed by atoms with Crippen LogP contribution >= 0.6 is 0 Å². The molecule has 0 atom stereocenters. The first-order valence-electron chi connectivity index (χ1n) is 6.69. The molecule has 5 nitrogen and oxygen atoms in total. The fourth-order valence-electron chi connectivity index (χ4n) is 1.95. The minimum atomic E-state index is -0.480. The number of benzene rings is 2. The molecule has 0 bridgehead atoms. The van der Waals surface area contributed by atoms with Gasteiger partial charge < -0.3 is 5.32 Å². The van der Waals surface area contributed by atoms with Crippen molar-refractivity contribution in [2.24, 2.45) is 0 Å². The van der Waals surface area contributed by atoms with Crippen LogP contribution in [0.5, 0.6) is 0 Å². The number of Topliss-reactive ketones (excluding diaryl/α,β-unsaturated/α-hetero) is 1. The number of hydrogen-bond donors (Lipinski definition) is 1. The Morgan fingerprint density at radius 1 is 1.05 bits per heavy atom. The minimum Gasteiger partial charge on any atom is -0.309 e. The molecule has 0 saturated carbocycles. The number of carbonyl (C=O) groups excluding carboxylic acids is 1. The van der Waals surface area contributed by atoms with Gasteiger partial charge in [0.15, 0.2) is 5.78 Å². The predicted octanol–water partition coefficient (Wildman–Crippen LogP) is 2.61. The first-order chi connectivity index (χ1) is 10.2. The molecule has 0 fully saturated rings. The van der Waals surface area contributed by atoms with Gasteiger partial charge in [-0.25, -0.2) is 0 Å². The highest BCUT2D eigenvalue weighted by atomic mass is 16.6. The van der Waals surface area contributed by atoms with Crippen molar-refractivity contribution in [1.82, 2.24) is 5.32 Å². The first-order valence-corrected chi connectivity index (χ1v) is 6.69. The molecule has 2 aromatic carbocycles. The van der Waals surface area contributed by atoms with Gasteiger partial charge in [0.1, 0.15) is 0 Å². The molecule has 0 aliphatic rings. The van der Waals surface area contributed by atoms with Gasteiger partial charge in [-0.2, -0.15) is 0 Å². The van der Waals surface area contributed by atoms with Crippen LogP contribution in [-0.2, 0) is 6.42 Å². The fraction of sp³-hybridized carbons (Fsp3) is 0.188. The van der Waals surface area contributed by atoms with Gasteiger partial charge in [0.25, 0.3) is 5.69 Å². The van der Waals surface area contributed by atoms with E-state index in [2.05, 4.69) is 5.32 Å². The molecule has 2 rings (SSSR count). The van der Waals surface area contributed by atoms with E-state index in [9.17, 15) is 14.9 Å². The largest absolute Gasteiger partial charge is 0.309 e. The van der Waals surface area contributed by atoms with Crippen LogP contribution in [0.25, 0.3) is 0 Å². The number of carbonyl (C=O) groups is 1. The van der Waals surface area contributed by atoms with E-state index in [1.165, 1.54) is 29.8 Å². The van der Waals surface area contributed by atoms with Gasteiger partial charge in [0.05, 0.1) is 11.5 Å². The molecular weight excluding hydrogens is 268 g/mol. The molecule has 0 saturated heterocycles. The summed E-state index contributed by atoms with van der Waals surface area (Å²) in [5.41, 5.74) is 1.68. The molecule has 0 amide bonds. The number of nitrogens with one attached hydrogen (secondary N) is 1. The standard InChI is InChI=1S/C16H16N2O3/c19-16(14-6-8-15(9-7-14)18(20)21)12-17-11-10-13-4-2-1-3-5-13/h1-9,17H,10-12H2. The topological polar surface area (TPSA) is 72.2 Å². The molecule has 0 aliphatic carbocycles. The van der Waals surface area contributed by atoms with Crippen LogP contribution < -0.4 is 5.32 Å². The second kappa shape index (κ2) is 7.31. The number of nitro benzene ring substituents is 1. The third-order valence-corrected chi connectivity index (χ3v) is 3.12. The summed E-state index contributed by atoms with van der Waals surface area (Å²) in [6.45, 7) is 0.938. The Hall–Kier alpha value is -2.53. The highest BCUT2D eigenvalue weighted by molar-refractivity contribution is 5.97. The molecule has 0 radical (unpaired) electrons. The van der Waals surface area contributed by atoms with Crippen LogP contribution in [0.3, 0.4) is 0 Å². The predicted molar refractivity (Wildman–Crippen MR) is 80.4 cm³/mol. The molecule has 108 valence electrons. The van der Waals surface area contributed by atoms with Gasteiger partial charge in [0.2, 0.25) is 0 Å². The first kappa shape index (κ1) is 14.9. The molecule has 5 heteroatoms. The summed E-state index contributed by atoms with van der Waals surface area (Å²) in [4.78, 5) is 22.0. The van der Waals surface area contributed by atoms with Gasteiger partial charge >= 0.3 is 0 Å². The highest BCUT2D eigenvalue weighted by Crippen LogP contribution is 2.12. The van der Waals surface area contributed by atoms with E-state index in [0.29, 0.717) is 12.1 Å². The lowest BCUT2D eigenvalue weighted by molar-refractivity contribution is -0.384. The molecule has 1 N–H and O–H groups in total. The third-order valence-electron chi connectivity index (χ3n) is 3.12. The van der Waals surface area contributed by atoms with Crippen molar-refractivity contribution in [2.75, 3.05) is 13.1 Å². The van der Waals surface area contributed by atoms with E-state index in [4.69, 9.17) is 0 Å². The van der Waals surface area contributed by atoms with Crippen molar-refractivity contribution in [2.45, 2.75) is 6.42 Å². The Morgan fingerprint density at radius 2 is 1.71 bits per heavy atom. The summed E-state index contributed by atoms with van der Waals surface area (Å²) in [5, 5.41) is 13.6. The van der Waals surface area contributed by atoms with Crippen LogP contribution in [0.1, 0.15) is 15.9 Å². The zero-order valence-electron chi connectivity index (χ0n) is 11.5. The van der Waals surface area contributed by atoms with E-state index >= 15 is 0 Å². The van der Waals surface area contributed by atoms with E-state index in [1.807, 2.05) is 30.3 Å². The van der Waals surface area contributed by atoms with E-state index in [0.717, 1.165) is 6.42 Å². The zero-order chi connectivity index (χ0) is 15.1. The summed E-state index contributed by atoms with van der Waals surface area (Å²) in [5.74, 6) is -0.0713. The molecular formula is C16H16N2O3. The third kappa shape index (κ3) is 4.50. The van der Waals surface area contributed by atoms with Gasteiger partial charge in [-0.1, -0.05) is 30.3 Å². The Bertz CT molecular complexity index is 609. The smallest absolute Gasteiger partial charge is 0.269 e. The summed E-state index contributed by atoms with van der Waals surface area (Å²) in [6.07, 6.45) is 0.856. The average molecular weight is 284 g/mol. The van der Waals surface area contributed by atoms with Crippen molar-refractivity contribution in [3.63, 3.8) is 0 Å². The molecule has 0 aliphatic heterocycles. The zero-order valence-corrected chi connectivity index (χ0v) is 11.5. The van der Waals surface area contributed by atoms with Crippen LogP contribution in [0.15, 0.2) is 54.6 Å². The van der Waals surface area contributed by atoms with Gasteiger partial charge in [-0.05, 0) is 30.7 Å². The average Bonchev–Trinajstić information content (AvgIpc) is 2.52.